The van der Waals surface area contributed by atoms with E-state index in [0.717, 1.165) is 18.7 Å². The molecule has 2 atom stereocenters. The van der Waals surface area contributed by atoms with Crippen LogP contribution in [0.4, 0.5) is 18.9 Å². The van der Waals surface area contributed by atoms with Crippen LogP contribution in [-0.4, -0.2) is 61.7 Å². The summed E-state index contributed by atoms with van der Waals surface area (Å²) >= 11 is 0. The van der Waals surface area contributed by atoms with Gasteiger partial charge in [-0.15, -0.1) is 0 Å². The summed E-state index contributed by atoms with van der Waals surface area (Å²) in [6, 6.07) is 1.02. The highest BCUT2D eigenvalue weighted by atomic mass is 32.2. The highest BCUT2D eigenvalue weighted by Gasteiger charge is 2.38. The van der Waals surface area contributed by atoms with E-state index in [9.17, 15) is 26.4 Å². The molecule has 1 aliphatic rings. The zero-order chi connectivity index (χ0) is 19.5. The number of pyridine rings is 1. The van der Waals surface area contributed by atoms with Gasteiger partial charge in [0, 0.05) is 12.8 Å². The average molecular weight is 397 g/mol. The predicted octanol–water partition coefficient (Wildman–Crippen LogP) is 0.269. The molecule has 1 aromatic rings. The van der Waals surface area contributed by atoms with Crippen molar-refractivity contribution in [2.24, 2.45) is 0 Å². The van der Waals surface area contributed by atoms with Crippen LogP contribution in [0.2, 0.25) is 0 Å². The number of nitrogen functional groups attached to an aromatic ring is 1. The van der Waals surface area contributed by atoms with E-state index < -0.39 is 46.4 Å². The fourth-order valence-electron chi connectivity index (χ4n) is 2.33. The number of hydrogen-bond acceptors (Lipinski definition) is 7. The first-order valence-electron chi connectivity index (χ1n) is 7.63. The SMILES string of the molecule is Nc1cc(S(=O)(=O)CC2CCCO2)cnc1C(=O)NCC(O)C(F)(F)F. The van der Waals surface area contributed by atoms with Gasteiger partial charge >= 0.3 is 6.18 Å². The summed E-state index contributed by atoms with van der Waals surface area (Å²) in [5, 5.41) is 10.7. The molecule has 0 bridgehead atoms. The normalized spacial score (nSPS) is 19.3. The summed E-state index contributed by atoms with van der Waals surface area (Å²) in [6.07, 6.45) is -5.75. The molecule has 146 valence electrons. The Balaban J connectivity index is 2.07. The quantitative estimate of drug-likeness (QED) is 0.628. The van der Waals surface area contributed by atoms with Gasteiger partial charge in [-0.3, -0.25) is 4.79 Å². The molecule has 2 heterocycles. The lowest BCUT2D eigenvalue weighted by molar-refractivity contribution is -0.201. The maximum absolute atomic E-state index is 12.3. The van der Waals surface area contributed by atoms with Crippen LogP contribution in [0, 0.1) is 0 Å². The van der Waals surface area contributed by atoms with Crippen LogP contribution in [0.25, 0.3) is 0 Å². The first kappa shape index (κ1) is 20.4. The molecule has 0 spiro atoms. The number of alkyl halides is 3. The number of nitrogens with two attached hydrogens (primary N) is 1. The monoisotopic (exact) mass is 397 g/mol. The molecule has 0 aliphatic carbocycles. The molecule has 1 saturated heterocycles. The van der Waals surface area contributed by atoms with E-state index in [4.69, 9.17) is 15.6 Å². The van der Waals surface area contributed by atoms with Gasteiger partial charge in [-0.1, -0.05) is 0 Å². The number of ether oxygens (including phenoxy) is 1. The number of anilines is 1. The maximum Gasteiger partial charge on any atom is 0.416 e. The second kappa shape index (κ2) is 7.76. The van der Waals surface area contributed by atoms with Crippen molar-refractivity contribution in [3.05, 3.63) is 18.0 Å². The van der Waals surface area contributed by atoms with Crippen LogP contribution in [0.1, 0.15) is 23.3 Å². The van der Waals surface area contributed by atoms with E-state index in [-0.39, 0.29) is 16.3 Å². The van der Waals surface area contributed by atoms with Crippen molar-refractivity contribution in [3.63, 3.8) is 0 Å². The standard InChI is InChI=1S/C14H18F3N3O5S/c15-14(16,17)11(21)6-20-13(22)12-10(18)4-9(5-19-12)26(23,24)7-8-2-1-3-25-8/h4-5,8,11,21H,1-3,6-7,18H2,(H,20,22). The Labute approximate surface area is 147 Å². The zero-order valence-electron chi connectivity index (χ0n) is 13.5. The molecule has 12 heteroatoms. The third-order valence-electron chi connectivity index (χ3n) is 3.73. The number of halogens is 3. The van der Waals surface area contributed by atoms with Gasteiger partial charge in [-0.2, -0.15) is 13.2 Å². The Morgan fingerprint density at radius 2 is 2.19 bits per heavy atom. The molecule has 2 unspecified atom stereocenters. The third-order valence-corrected chi connectivity index (χ3v) is 5.48. The van der Waals surface area contributed by atoms with Gasteiger partial charge in [0.25, 0.3) is 5.91 Å². The molecule has 1 aliphatic heterocycles. The highest BCUT2D eigenvalue weighted by Crippen LogP contribution is 2.22. The number of nitrogens with zero attached hydrogens (tertiary/aromatic N) is 1. The Hall–Kier alpha value is -1.92. The molecule has 2 rings (SSSR count). The van der Waals surface area contributed by atoms with E-state index in [2.05, 4.69) is 4.98 Å². The fourth-order valence-corrected chi connectivity index (χ4v) is 3.79. The third kappa shape index (κ3) is 5.05. The lowest BCUT2D eigenvalue weighted by Crippen LogP contribution is -2.41. The van der Waals surface area contributed by atoms with Crippen LogP contribution in [0.3, 0.4) is 0 Å². The second-order valence-electron chi connectivity index (χ2n) is 5.79. The molecule has 0 aromatic carbocycles. The number of aliphatic hydroxyl groups excluding tert-OH is 1. The van der Waals surface area contributed by atoms with E-state index in [1.165, 1.54) is 0 Å². The van der Waals surface area contributed by atoms with Crippen molar-refractivity contribution in [2.45, 2.75) is 36.1 Å². The Morgan fingerprint density at radius 3 is 2.73 bits per heavy atom. The van der Waals surface area contributed by atoms with Crippen LogP contribution >= 0.6 is 0 Å². The first-order chi connectivity index (χ1) is 12.0. The molecule has 1 aromatic heterocycles. The number of aliphatic hydroxyl groups is 1. The molecule has 0 saturated carbocycles. The number of carbonyl (C=O) groups is 1. The number of rotatable bonds is 6. The molecule has 0 radical (unpaired) electrons. The first-order valence-corrected chi connectivity index (χ1v) is 9.29. The van der Waals surface area contributed by atoms with Crippen molar-refractivity contribution in [1.82, 2.24) is 10.3 Å². The minimum absolute atomic E-state index is 0.211. The van der Waals surface area contributed by atoms with Crippen molar-refractivity contribution in [3.8, 4) is 0 Å². The second-order valence-corrected chi connectivity index (χ2v) is 7.83. The average Bonchev–Trinajstić information content (AvgIpc) is 3.03. The van der Waals surface area contributed by atoms with Crippen LogP contribution in [-0.2, 0) is 14.6 Å². The molecule has 4 N–H and O–H groups in total. The number of nitrogens with one attached hydrogen (secondary N) is 1. The Kier molecular flexibility index (Phi) is 6.09. The maximum atomic E-state index is 12.3. The van der Waals surface area contributed by atoms with Crippen molar-refractivity contribution < 1.29 is 36.2 Å². The van der Waals surface area contributed by atoms with E-state index in [0.29, 0.717) is 13.0 Å². The number of aromatic nitrogens is 1. The van der Waals surface area contributed by atoms with Gasteiger partial charge in [0.1, 0.15) is 0 Å². The molecule has 8 nitrogen and oxygen atoms in total. The van der Waals surface area contributed by atoms with Crippen LogP contribution in [0.5, 0.6) is 0 Å². The minimum Gasteiger partial charge on any atom is -0.397 e. The summed E-state index contributed by atoms with van der Waals surface area (Å²) in [6.45, 7) is -0.591. The van der Waals surface area contributed by atoms with Crippen LogP contribution < -0.4 is 11.1 Å². The fraction of sp³-hybridized carbons (Fsp3) is 0.571. The summed E-state index contributed by atoms with van der Waals surface area (Å²) in [5.74, 6) is -1.31. The van der Waals surface area contributed by atoms with Gasteiger partial charge in [0.2, 0.25) is 0 Å². The Morgan fingerprint density at radius 1 is 1.50 bits per heavy atom. The van der Waals surface area contributed by atoms with E-state index in [1.54, 1.807) is 0 Å². The lowest BCUT2D eigenvalue weighted by Gasteiger charge is -2.15. The van der Waals surface area contributed by atoms with Gasteiger partial charge in [0.05, 0.1) is 29.0 Å². The minimum atomic E-state index is -4.88. The largest absolute Gasteiger partial charge is 0.416 e. The van der Waals surface area contributed by atoms with Gasteiger partial charge < -0.3 is 20.9 Å². The summed E-state index contributed by atoms with van der Waals surface area (Å²) in [7, 11) is -3.74. The van der Waals surface area contributed by atoms with Crippen LogP contribution in [0.15, 0.2) is 17.2 Å². The topological polar surface area (TPSA) is 132 Å². The lowest BCUT2D eigenvalue weighted by atomic mass is 10.2. The van der Waals surface area contributed by atoms with Crippen molar-refractivity contribution in [2.75, 3.05) is 24.6 Å². The van der Waals surface area contributed by atoms with Gasteiger partial charge in [-0.25, -0.2) is 13.4 Å². The van der Waals surface area contributed by atoms with E-state index in [1.807, 2.05) is 5.32 Å². The Bertz CT molecular complexity index is 764. The van der Waals surface area contributed by atoms with Crippen molar-refractivity contribution >= 4 is 21.4 Å². The molecule has 1 fully saturated rings. The number of hydrogen-bond donors (Lipinski definition) is 3. The van der Waals surface area contributed by atoms with Gasteiger partial charge in [-0.05, 0) is 18.9 Å². The van der Waals surface area contributed by atoms with Gasteiger partial charge in [0.15, 0.2) is 21.6 Å². The van der Waals surface area contributed by atoms with Crippen molar-refractivity contribution in [1.29, 1.82) is 0 Å². The summed E-state index contributed by atoms with van der Waals surface area (Å²) < 4.78 is 66.5. The summed E-state index contributed by atoms with van der Waals surface area (Å²) in [5.41, 5.74) is 4.87. The highest BCUT2D eigenvalue weighted by molar-refractivity contribution is 7.91. The molecule has 26 heavy (non-hydrogen) atoms. The zero-order valence-corrected chi connectivity index (χ0v) is 14.3. The molecule has 1 amide bonds. The molecular weight excluding hydrogens is 379 g/mol. The van der Waals surface area contributed by atoms with E-state index >= 15 is 0 Å². The smallest absolute Gasteiger partial charge is 0.397 e. The predicted molar refractivity (Wildman–Crippen MR) is 84.1 cm³/mol. The molecular formula is C14H18F3N3O5S. The number of sulfone groups is 1. The number of amides is 1. The number of carbonyl (C=O) groups excluding carboxylic acids is 1. The summed E-state index contributed by atoms with van der Waals surface area (Å²) in [4.78, 5) is 15.3.